The van der Waals surface area contributed by atoms with E-state index in [1.54, 1.807) is 27.0 Å². The topological polar surface area (TPSA) is 93.9 Å². The van der Waals surface area contributed by atoms with Gasteiger partial charge in [0, 0.05) is 6.54 Å². The summed E-state index contributed by atoms with van der Waals surface area (Å²) in [6.45, 7) is 7.62. The largest absolute Gasteiger partial charge is 0.493 e. The molecule has 0 saturated carbocycles. The number of hydrogen-bond acceptors (Lipinski definition) is 6. The minimum atomic E-state index is -3.79. The fraction of sp³-hybridized carbons (Fsp3) is 0.346. The van der Waals surface area contributed by atoms with Gasteiger partial charge in [-0.2, -0.15) is 5.10 Å². The quantitative estimate of drug-likeness (QED) is 0.432. The van der Waals surface area contributed by atoms with Crippen molar-refractivity contribution in [3.8, 4) is 11.5 Å². The summed E-state index contributed by atoms with van der Waals surface area (Å²) in [6, 6.07) is 13.1. The minimum absolute atomic E-state index is 0.00288. The fourth-order valence-electron chi connectivity index (χ4n) is 4.46. The van der Waals surface area contributed by atoms with Crippen LogP contribution in [0.4, 0.5) is 5.69 Å². The molecule has 0 saturated heterocycles. The van der Waals surface area contributed by atoms with Gasteiger partial charge in [0.15, 0.2) is 11.5 Å². The van der Waals surface area contributed by atoms with Crippen molar-refractivity contribution in [2.45, 2.75) is 44.2 Å². The maximum Gasteiger partial charge on any atom is 0.268 e. The monoisotopic (exact) mass is 497 g/mol. The number of ether oxygens (including phenoxy) is 2. The lowest BCUT2D eigenvalue weighted by Gasteiger charge is -2.20. The van der Waals surface area contributed by atoms with E-state index < -0.39 is 16.1 Å². The zero-order chi connectivity index (χ0) is 25.2. The fourth-order valence-corrected chi connectivity index (χ4v) is 6.34. The highest BCUT2D eigenvalue weighted by molar-refractivity contribution is 7.93. The van der Waals surface area contributed by atoms with Crippen LogP contribution >= 0.6 is 0 Å². The van der Waals surface area contributed by atoms with Gasteiger partial charge in [-0.05, 0) is 56.0 Å². The van der Waals surface area contributed by atoms with Crippen molar-refractivity contribution in [3.05, 3.63) is 77.6 Å². The second-order valence-electron chi connectivity index (χ2n) is 8.58. The van der Waals surface area contributed by atoms with E-state index in [-0.39, 0.29) is 18.0 Å². The molecular weight excluding hydrogens is 466 g/mol. The molecule has 0 radical (unpaired) electrons. The normalized spacial score (nSPS) is 14.0. The molecule has 2 heterocycles. The Bertz CT molecular complexity index is 1330. The Balaban J connectivity index is 1.48. The van der Waals surface area contributed by atoms with E-state index in [1.165, 1.54) is 8.99 Å². The van der Waals surface area contributed by atoms with Crippen LogP contribution in [0.5, 0.6) is 11.5 Å². The molecule has 3 aromatic rings. The van der Waals surface area contributed by atoms with Crippen molar-refractivity contribution in [1.82, 2.24) is 9.78 Å². The lowest BCUT2D eigenvalue weighted by Crippen LogP contribution is -2.30. The first-order valence-corrected chi connectivity index (χ1v) is 12.9. The van der Waals surface area contributed by atoms with Gasteiger partial charge in [0.25, 0.3) is 10.0 Å². The number of aryl methyl sites for hydroxylation is 1. The molecule has 0 bridgehead atoms. The Morgan fingerprint density at radius 2 is 1.97 bits per heavy atom. The summed E-state index contributed by atoms with van der Waals surface area (Å²) in [5, 5.41) is 15.1. The number of nitrogens with zero attached hydrogens (tertiary/aromatic N) is 3. The van der Waals surface area contributed by atoms with E-state index in [1.807, 2.05) is 42.5 Å². The Kier molecular flexibility index (Phi) is 7.18. The number of allylic oxidation sites excluding steroid dienone is 1. The van der Waals surface area contributed by atoms with E-state index in [4.69, 9.17) is 9.47 Å². The van der Waals surface area contributed by atoms with Gasteiger partial charge >= 0.3 is 0 Å². The van der Waals surface area contributed by atoms with Crippen molar-refractivity contribution in [2.24, 2.45) is 0 Å². The van der Waals surface area contributed by atoms with Crippen LogP contribution in [0.3, 0.4) is 0 Å². The number of methoxy groups -OCH3 is 1. The van der Waals surface area contributed by atoms with Crippen molar-refractivity contribution >= 4 is 15.7 Å². The standard InChI is InChI=1S/C26H31N3O5S/c1-5-8-20-11-12-24(25(15-20)33-4)34-17-22(30)16-28-19(3)26(18(2)27-28)35(31,32)29-14-13-21-9-6-7-10-23(21)29/h5-7,9-12,15,22,30H,1,8,13-14,16-17H2,2-4H3/t22-/m1/s1. The molecule has 0 amide bonds. The Morgan fingerprint density at radius 1 is 1.20 bits per heavy atom. The molecule has 2 aromatic carbocycles. The molecule has 0 fully saturated rings. The number of aromatic nitrogens is 2. The Morgan fingerprint density at radius 3 is 2.71 bits per heavy atom. The smallest absolute Gasteiger partial charge is 0.268 e. The first-order chi connectivity index (χ1) is 16.8. The second kappa shape index (κ2) is 10.1. The highest BCUT2D eigenvalue weighted by Gasteiger charge is 2.35. The molecule has 0 aliphatic carbocycles. The summed E-state index contributed by atoms with van der Waals surface area (Å²) >= 11 is 0. The third-order valence-electron chi connectivity index (χ3n) is 6.13. The first-order valence-electron chi connectivity index (χ1n) is 11.5. The van der Waals surface area contributed by atoms with Crippen LogP contribution in [-0.2, 0) is 29.4 Å². The van der Waals surface area contributed by atoms with Crippen molar-refractivity contribution in [2.75, 3.05) is 24.6 Å². The summed E-state index contributed by atoms with van der Waals surface area (Å²) in [5.41, 5.74) is 3.65. The predicted octanol–water partition coefficient (Wildman–Crippen LogP) is 3.43. The van der Waals surface area contributed by atoms with Crippen LogP contribution in [0.1, 0.15) is 22.5 Å². The molecule has 1 atom stereocenters. The van der Waals surface area contributed by atoms with Gasteiger partial charge in [0.1, 0.15) is 17.6 Å². The first kappa shape index (κ1) is 24.8. The lowest BCUT2D eigenvalue weighted by molar-refractivity contribution is 0.0872. The molecular formula is C26H31N3O5S. The highest BCUT2D eigenvalue weighted by atomic mass is 32.2. The van der Waals surface area contributed by atoms with Crippen LogP contribution < -0.4 is 13.8 Å². The van der Waals surface area contributed by atoms with Crippen LogP contribution in [0.2, 0.25) is 0 Å². The number of anilines is 1. The van der Waals surface area contributed by atoms with E-state index in [2.05, 4.69) is 11.7 Å². The maximum atomic E-state index is 13.6. The number of para-hydroxylation sites is 1. The van der Waals surface area contributed by atoms with E-state index >= 15 is 0 Å². The summed E-state index contributed by atoms with van der Waals surface area (Å²) in [7, 11) is -2.23. The van der Waals surface area contributed by atoms with Gasteiger partial charge in [0.2, 0.25) is 0 Å². The van der Waals surface area contributed by atoms with Gasteiger partial charge < -0.3 is 14.6 Å². The predicted molar refractivity (Wildman–Crippen MR) is 135 cm³/mol. The van der Waals surface area contributed by atoms with E-state index in [0.29, 0.717) is 48.0 Å². The summed E-state index contributed by atoms with van der Waals surface area (Å²) in [4.78, 5) is 0.182. The molecule has 9 heteroatoms. The average Bonchev–Trinajstić information content (AvgIpc) is 3.39. The Hall–Kier alpha value is -3.30. The third-order valence-corrected chi connectivity index (χ3v) is 8.20. The van der Waals surface area contributed by atoms with Gasteiger partial charge in [-0.3, -0.25) is 8.99 Å². The number of sulfonamides is 1. The molecule has 0 unspecified atom stereocenters. The zero-order valence-corrected chi connectivity index (χ0v) is 21.1. The SMILES string of the molecule is C=CCc1ccc(OC[C@H](O)Cn2nc(C)c(S(=O)(=O)N3CCc4ccccc43)c2C)c(OC)c1. The molecule has 35 heavy (non-hydrogen) atoms. The van der Waals surface area contributed by atoms with Gasteiger partial charge in [-0.1, -0.05) is 30.3 Å². The highest BCUT2D eigenvalue weighted by Crippen LogP contribution is 2.34. The average molecular weight is 498 g/mol. The third kappa shape index (κ3) is 4.92. The summed E-state index contributed by atoms with van der Waals surface area (Å²) < 4.78 is 41.3. The number of benzene rings is 2. The molecule has 4 rings (SSSR count). The van der Waals surface area contributed by atoms with Gasteiger partial charge in [-0.25, -0.2) is 8.42 Å². The zero-order valence-electron chi connectivity index (χ0n) is 20.3. The summed E-state index contributed by atoms with van der Waals surface area (Å²) in [6.07, 6.45) is 2.29. The number of fused-ring (bicyclic) bond motifs is 1. The van der Waals surface area contributed by atoms with Crippen LogP contribution in [-0.4, -0.2) is 49.7 Å². The Labute approximate surface area is 206 Å². The van der Waals surface area contributed by atoms with Crippen molar-refractivity contribution in [3.63, 3.8) is 0 Å². The number of aliphatic hydroxyl groups excluding tert-OH is 1. The van der Waals surface area contributed by atoms with Crippen LogP contribution in [0, 0.1) is 13.8 Å². The number of rotatable bonds is 10. The minimum Gasteiger partial charge on any atom is -0.493 e. The van der Waals surface area contributed by atoms with Gasteiger partial charge in [0.05, 0.1) is 30.7 Å². The van der Waals surface area contributed by atoms with Crippen LogP contribution in [0.25, 0.3) is 0 Å². The summed E-state index contributed by atoms with van der Waals surface area (Å²) in [5.74, 6) is 1.09. The molecule has 186 valence electrons. The maximum absolute atomic E-state index is 13.6. The lowest BCUT2D eigenvalue weighted by atomic mass is 10.1. The van der Waals surface area contributed by atoms with Crippen LogP contribution in [0.15, 0.2) is 60.0 Å². The molecule has 8 nitrogen and oxygen atoms in total. The van der Waals surface area contributed by atoms with E-state index in [9.17, 15) is 13.5 Å². The van der Waals surface area contributed by atoms with E-state index in [0.717, 1.165) is 11.1 Å². The molecule has 1 aromatic heterocycles. The van der Waals surface area contributed by atoms with Crippen molar-refractivity contribution < 1.29 is 23.0 Å². The van der Waals surface area contributed by atoms with Gasteiger partial charge in [-0.15, -0.1) is 6.58 Å². The molecule has 1 aliphatic rings. The second-order valence-corrected chi connectivity index (χ2v) is 10.4. The number of hydrogen-bond donors (Lipinski definition) is 1. The number of aliphatic hydroxyl groups is 1. The van der Waals surface area contributed by atoms with Crippen molar-refractivity contribution in [1.29, 1.82) is 0 Å². The molecule has 1 N–H and O–H groups in total. The molecule has 1 aliphatic heterocycles. The molecule has 0 spiro atoms.